The molecule has 0 bridgehead atoms. The fourth-order valence-electron chi connectivity index (χ4n) is 3.31. The Labute approximate surface area is 179 Å². The molecule has 1 N–H and O–H groups in total. The van der Waals surface area contributed by atoms with Gasteiger partial charge >= 0.3 is 0 Å². The molecule has 154 valence electrons. The number of hydrogen-bond donors (Lipinski definition) is 1. The van der Waals surface area contributed by atoms with Gasteiger partial charge in [0.25, 0.3) is 5.91 Å². The van der Waals surface area contributed by atoms with Crippen LogP contribution in [0.4, 0.5) is 0 Å². The van der Waals surface area contributed by atoms with Crippen molar-refractivity contribution in [2.75, 3.05) is 6.54 Å². The van der Waals surface area contributed by atoms with E-state index in [9.17, 15) is 4.79 Å². The lowest BCUT2D eigenvalue weighted by molar-refractivity contribution is 0.0949. The molecule has 0 atom stereocenters. The highest BCUT2D eigenvalue weighted by molar-refractivity contribution is 7.09. The quantitative estimate of drug-likeness (QED) is 0.485. The third-order valence-electron chi connectivity index (χ3n) is 4.98. The van der Waals surface area contributed by atoms with Gasteiger partial charge in [-0.2, -0.15) is 0 Å². The average Bonchev–Trinajstić information content (AvgIpc) is 3.35. The molecule has 0 aliphatic rings. The highest BCUT2D eigenvalue weighted by Gasteiger charge is 2.12. The van der Waals surface area contributed by atoms with E-state index in [1.54, 1.807) is 5.38 Å². The summed E-state index contributed by atoms with van der Waals surface area (Å²) < 4.78 is 8.11. The first-order valence-electron chi connectivity index (χ1n) is 9.85. The van der Waals surface area contributed by atoms with Gasteiger partial charge in [0.15, 0.2) is 11.4 Å². The predicted octanol–water partition coefficient (Wildman–Crippen LogP) is 4.27. The summed E-state index contributed by atoms with van der Waals surface area (Å²) in [6.07, 6.45) is 4.46. The molecule has 3 aromatic heterocycles. The van der Waals surface area contributed by atoms with E-state index in [1.165, 1.54) is 28.0 Å². The number of benzene rings is 1. The predicted molar refractivity (Wildman–Crippen MR) is 118 cm³/mol. The van der Waals surface area contributed by atoms with E-state index in [4.69, 9.17) is 4.74 Å². The van der Waals surface area contributed by atoms with E-state index < -0.39 is 0 Å². The Balaban J connectivity index is 1.42. The molecule has 0 saturated carbocycles. The fourth-order valence-corrected chi connectivity index (χ4v) is 3.90. The molecule has 4 rings (SSSR count). The molecule has 6 nitrogen and oxygen atoms in total. The first kappa shape index (κ1) is 20.1. The molecule has 0 radical (unpaired) electrons. The molecule has 1 aromatic carbocycles. The molecule has 0 spiro atoms. The average molecular weight is 421 g/mol. The number of thiazole rings is 1. The first-order valence-corrected chi connectivity index (χ1v) is 10.7. The summed E-state index contributed by atoms with van der Waals surface area (Å²) in [5, 5.41) is 5.58. The molecular weight excluding hydrogens is 396 g/mol. The Hall–Kier alpha value is -3.19. The normalized spacial score (nSPS) is 11.0. The lowest BCUT2D eigenvalue weighted by Gasteiger charge is -2.11. The second kappa shape index (κ2) is 8.67. The van der Waals surface area contributed by atoms with Crippen LogP contribution in [0, 0.1) is 20.8 Å². The zero-order valence-electron chi connectivity index (χ0n) is 17.3. The number of nitrogens with one attached hydrogen (secondary N) is 1. The lowest BCUT2D eigenvalue weighted by Crippen LogP contribution is -2.26. The van der Waals surface area contributed by atoms with Gasteiger partial charge in [-0.25, -0.2) is 9.97 Å². The number of ether oxygens (including phenoxy) is 1. The topological polar surface area (TPSA) is 68.5 Å². The van der Waals surface area contributed by atoms with Gasteiger partial charge in [-0.3, -0.25) is 4.79 Å². The van der Waals surface area contributed by atoms with Crippen molar-refractivity contribution in [2.45, 2.75) is 33.8 Å². The number of amides is 1. The van der Waals surface area contributed by atoms with Crippen LogP contribution in [0.5, 0.6) is 5.75 Å². The van der Waals surface area contributed by atoms with E-state index in [1.807, 2.05) is 35.9 Å². The maximum absolute atomic E-state index is 12.2. The summed E-state index contributed by atoms with van der Waals surface area (Å²) in [5.74, 6) is 0.595. The van der Waals surface area contributed by atoms with Crippen LogP contribution in [0.1, 0.15) is 37.9 Å². The number of carbonyl (C=O) groups is 1. The van der Waals surface area contributed by atoms with E-state index in [0.29, 0.717) is 25.3 Å². The summed E-state index contributed by atoms with van der Waals surface area (Å²) in [6.45, 7) is 7.07. The second-order valence-corrected chi connectivity index (χ2v) is 8.35. The summed E-state index contributed by atoms with van der Waals surface area (Å²) >= 11 is 1.47. The van der Waals surface area contributed by atoms with Crippen LogP contribution in [-0.4, -0.2) is 26.8 Å². The molecule has 0 fully saturated rings. The Morgan fingerprint density at radius 1 is 1.23 bits per heavy atom. The smallest absolute Gasteiger partial charge is 0.270 e. The number of nitrogens with zero attached hydrogens (tertiary/aromatic N) is 3. The zero-order valence-corrected chi connectivity index (χ0v) is 18.1. The number of aryl methyl sites for hydroxylation is 3. The van der Waals surface area contributed by atoms with Gasteiger partial charge in [0.2, 0.25) is 0 Å². The van der Waals surface area contributed by atoms with Gasteiger partial charge in [0.05, 0.1) is 5.01 Å². The third kappa shape index (κ3) is 4.36. The Kier molecular flexibility index (Phi) is 5.81. The van der Waals surface area contributed by atoms with Gasteiger partial charge in [0, 0.05) is 36.4 Å². The number of imidazole rings is 1. The molecule has 7 heteroatoms. The van der Waals surface area contributed by atoms with Crippen molar-refractivity contribution >= 4 is 22.9 Å². The highest BCUT2D eigenvalue weighted by atomic mass is 32.1. The van der Waals surface area contributed by atoms with Crippen molar-refractivity contribution in [3.63, 3.8) is 0 Å². The molecule has 0 aliphatic heterocycles. The van der Waals surface area contributed by atoms with Crippen LogP contribution < -0.4 is 10.1 Å². The van der Waals surface area contributed by atoms with Crippen LogP contribution in [-0.2, 0) is 13.0 Å². The SMILES string of the molecule is Cc1ccc(C)c(COc2cccn3c(CCNC(=O)c4csc(C)n4)cnc23)c1. The molecule has 3 heterocycles. The van der Waals surface area contributed by atoms with Crippen LogP contribution >= 0.6 is 11.3 Å². The zero-order chi connectivity index (χ0) is 21.1. The molecule has 0 unspecified atom stereocenters. The van der Waals surface area contributed by atoms with Gasteiger partial charge in [0.1, 0.15) is 12.3 Å². The van der Waals surface area contributed by atoms with E-state index >= 15 is 0 Å². The van der Waals surface area contributed by atoms with Gasteiger partial charge < -0.3 is 14.5 Å². The molecule has 30 heavy (non-hydrogen) atoms. The Morgan fingerprint density at radius 2 is 2.10 bits per heavy atom. The van der Waals surface area contributed by atoms with E-state index in [2.05, 4.69) is 47.3 Å². The molecule has 0 aliphatic carbocycles. The molecule has 4 aromatic rings. The lowest BCUT2D eigenvalue weighted by atomic mass is 10.1. The Morgan fingerprint density at radius 3 is 2.90 bits per heavy atom. The minimum atomic E-state index is -0.147. The van der Waals surface area contributed by atoms with Crippen LogP contribution in [0.25, 0.3) is 5.65 Å². The Bertz CT molecular complexity index is 1200. The molecule has 0 saturated heterocycles. The van der Waals surface area contributed by atoms with E-state index in [-0.39, 0.29) is 5.91 Å². The number of pyridine rings is 1. The van der Waals surface area contributed by atoms with Crippen molar-refractivity contribution in [3.05, 3.63) is 81.2 Å². The standard InChI is InChI=1S/C23H24N4O2S/c1-15-6-7-16(2)18(11-15)13-29-21-5-4-10-27-19(12-25-22(21)27)8-9-24-23(28)20-14-30-17(3)26-20/h4-7,10-12,14H,8-9,13H2,1-3H3,(H,24,28). The minimum absolute atomic E-state index is 0.147. The maximum Gasteiger partial charge on any atom is 0.270 e. The van der Waals surface area contributed by atoms with Crippen molar-refractivity contribution in [3.8, 4) is 5.75 Å². The van der Waals surface area contributed by atoms with E-state index in [0.717, 1.165) is 22.1 Å². The van der Waals surface area contributed by atoms with Crippen LogP contribution in [0.3, 0.4) is 0 Å². The second-order valence-electron chi connectivity index (χ2n) is 7.29. The number of rotatable bonds is 7. The highest BCUT2D eigenvalue weighted by Crippen LogP contribution is 2.22. The van der Waals surface area contributed by atoms with Crippen LogP contribution in [0.2, 0.25) is 0 Å². The maximum atomic E-state index is 12.2. The van der Waals surface area contributed by atoms with Crippen LogP contribution in [0.15, 0.2) is 48.1 Å². The summed E-state index contributed by atoms with van der Waals surface area (Å²) in [7, 11) is 0. The third-order valence-corrected chi connectivity index (χ3v) is 5.76. The van der Waals surface area contributed by atoms with Gasteiger partial charge in [-0.1, -0.05) is 23.8 Å². The van der Waals surface area contributed by atoms with Gasteiger partial charge in [-0.05, 0) is 44.0 Å². The summed E-state index contributed by atoms with van der Waals surface area (Å²) in [5.41, 5.74) is 5.86. The largest absolute Gasteiger partial charge is 0.485 e. The van der Waals surface area contributed by atoms with Crippen molar-refractivity contribution in [2.24, 2.45) is 0 Å². The van der Waals surface area contributed by atoms with Crippen molar-refractivity contribution in [1.82, 2.24) is 19.7 Å². The number of aromatic nitrogens is 3. The number of fused-ring (bicyclic) bond motifs is 1. The minimum Gasteiger partial charge on any atom is -0.485 e. The number of carbonyl (C=O) groups excluding carboxylic acids is 1. The summed E-state index contributed by atoms with van der Waals surface area (Å²) in [4.78, 5) is 20.9. The summed E-state index contributed by atoms with van der Waals surface area (Å²) in [6, 6.07) is 10.3. The van der Waals surface area contributed by atoms with Gasteiger partial charge in [-0.15, -0.1) is 11.3 Å². The first-order chi connectivity index (χ1) is 14.5. The monoisotopic (exact) mass is 420 g/mol. The molecular formula is C23H24N4O2S. The molecule has 1 amide bonds. The van der Waals surface area contributed by atoms with Crippen molar-refractivity contribution < 1.29 is 9.53 Å². The number of hydrogen-bond acceptors (Lipinski definition) is 5. The van der Waals surface area contributed by atoms with Crippen molar-refractivity contribution in [1.29, 1.82) is 0 Å². The fraction of sp³-hybridized carbons (Fsp3) is 0.261.